The Bertz CT molecular complexity index is 1540. The van der Waals surface area contributed by atoms with E-state index in [4.69, 9.17) is 9.25 Å². The van der Waals surface area contributed by atoms with Gasteiger partial charge in [0.05, 0.1) is 30.7 Å². The van der Waals surface area contributed by atoms with Gasteiger partial charge in [0.2, 0.25) is 10.0 Å². The van der Waals surface area contributed by atoms with E-state index in [-0.39, 0.29) is 25.3 Å². The van der Waals surface area contributed by atoms with Crippen LogP contribution in [0.15, 0.2) is 57.7 Å². The van der Waals surface area contributed by atoms with Crippen molar-refractivity contribution in [2.45, 2.75) is 38.0 Å². The van der Waals surface area contributed by atoms with Crippen molar-refractivity contribution in [3.8, 4) is 11.3 Å². The van der Waals surface area contributed by atoms with Gasteiger partial charge >= 0.3 is 6.08 Å². The summed E-state index contributed by atoms with van der Waals surface area (Å²) in [5.41, 5.74) is 5.68. The smallest absolute Gasteiger partial charge is 0.301 e. The first-order valence-electron chi connectivity index (χ1n) is 12.6. The number of rotatable bonds is 10. The molecule has 1 aliphatic carbocycles. The largest absolute Gasteiger partial charge is 0.455 e. The number of halogens is 4. The molecule has 0 radical (unpaired) electrons. The Balaban J connectivity index is 1.61. The van der Waals surface area contributed by atoms with Gasteiger partial charge in [0, 0.05) is 30.0 Å². The summed E-state index contributed by atoms with van der Waals surface area (Å²) in [6.45, 7) is 0.810. The normalized spacial score (nSPS) is 15.7. The third-order valence-electron chi connectivity index (χ3n) is 6.71. The van der Waals surface area contributed by atoms with Crippen molar-refractivity contribution in [1.29, 1.82) is 0 Å². The summed E-state index contributed by atoms with van der Waals surface area (Å²) in [4.78, 5) is 9.94. The third-order valence-corrected chi connectivity index (χ3v) is 7.89. The zero-order valence-corrected chi connectivity index (χ0v) is 22.0. The summed E-state index contributed by atoms with van der Waals surface area (Å²) in [7, 11) is -3.77. The standard InChI is InChI=1S/C27H27F4N3O4S/c1-39(35,36)34(12-3-2-4-21(29)26(30)31)22-15-23-20(14-19(22)16-5-6-16)24(27-32-11-13-37-33-27)25(38-23)17-7-9-18(28)10-8-17/h7-10,14-16H,2-6,11-13H2,1H3,(H,32,33). The lowest BCUT2D eigenvalue weighted by atomic mass is 10.00. The highest BCUT2D eigenvalue weighted by atomic mass is 32.2. The molecule has 0 amide bonds. The van der Waals surface area contributed by atoms with Crippen molar-refractivity contribution in [1.82, 2.24) is 5.48 Å². The average molecular weight is 566 g/mol. The van der Waals surface area contributed by atoms with Gasteiger partial charge in [-0.25, -0.2) is 22.7 Å². The number of hydrogen-bond donors (Lipinski definition) is 1. The molecule has 1 aliphatic heterocycles. The van der Waals surface area contributed by atoms with Crippen LogP contribution in [0, 0.1) is 5.82 Å². The Morgan fingerprint density at radius 2 is 1.87 bits per heavy atom. The second kappa shape index (κ2) is 11.0. The van der Waals surface area contributed by atoms with Gasteiger partial charge in [0.25, 0.3) is 0 Å². The molecule has 1 fully saturated rings. The summed E-state index contributed by atoms with van der Waals surface area (Å²) >= 11 is 0. The number of hydrogen-bond acceptors (Lipinski definition) is 6. The van der Waals surface area contributed by atoms with Gasteiger partial charge in [0.15, 0.2) is 11.7 Å². The van der Waals surface area contributed by atoms with Crippen molar-refractivity contribution in [3.05, 3.63) is 65.2 Å². The minimum atomic E-state index is -3.77. The number of unbranched alkanes of at least 4 members (excludes halogenated alkanes) is 1. The molecule has 12 heteroatoms. The fourth-order valence-electron chi connectivity index (χ4n) is 4.71. The number of hydroxylamine groups is 1. The Hall–Kier alpha value is -3.38. The van der Waals surface area contributed by atoms with Crippen LogP contribution in [0.4, 0.5) is 23.2 Å². The van der Waals surface area contributed by atoms with Crippen LogP contribution in [0.1, 0.15) is 49.1 Å². The van der Waals surface area contributed by atoms with Crippen LogP contribution >= 0.6 is 0 Å². The number of sulfonamides is 1. The molecule has 1 saturated carbocycles. The van der Waals surface area contributed by atoms with Crippen molar-refractivity contribution in [2.75, 3.05) is 30.3 Å². The lowest BCUT2D eigenvalue weighted by Gasteiger charge is -2.25. The highest BCUT2D eigenvalue weighted by Gasteiger charge is 2.33. The topological polar surface area (TPSA) is 84.1 Å². The fourth-order valence-corrected chi connectivity index (χ4v) is 5.68. The molecule has 208 valence electrons. The van der Waals surface area contributed by atoms with Crippen LogP contribution in [0.2, 0.25) is 0 Å². The molecule has 39 heavy (non-hydrogen) atoms. The number of aliphatic imine (C=N–C) groups is 1. The lowest BCUT2D eigenvalue weighted by molar-refractivity contribution is 0.0827. The maximum atomic E-state index is 13.7. The summed E-state index contributed by atoms with van der Waals surface area (Å²) in [6, 6.07) is 9.36. The van der Waals surface area contributed by atoms with Crippen LogP contribution in [0.25, 0.3) is 22.3 Å². The second-order valence-corrected chi connectivity index (χ2v) is 11.5. The van der Waals surface area contributed by atoms with Crippen molar-refractivity contribution < 1.29 is 35.2 Å². The monoisotopic (exact) mass is 565 g/mol. The van der Waals surface area contributed by atoms with E-state index < -0.39 is 34.2 Å². The molecule has 0 spiro atoms. The SMILES string of the molecule is CS(=O)(=O)N(CCCCC(F)=C(F)F)c1cc2oc(-c3ccc(F)cc3)c(C3=NCCON3)c2cc1C1CC1. The van der Waals surface area contributed by atoms with Crippen LogP contribution < -0.4 is 9.79 Å². The average Bonchev–Trinajstić information content (AvgIpc) is 3.68. The third kappa shape index (κ3) is 5.96. The maximum Gasteiger partial charge on any atom is 0.301 e. The van der Waals surface area contributed by atoms with Gasteiger partial charge in [-0.05, 0) is 67.5 Å². The summed E-state index contributed by atoms with van der Waals surface area (Å²) < 4.78 is 85.0. The van der Waals surface area contributed by atoms with Gasteiger partial charge in [-0.1, -0.05) is 0 Å². The lowest BCUT2D eigenvalue weighted by Crippen LogP contribution is -2.32. The number of amidine groups is 1. The van der Waals surface area contributed by atoms with Crippen LogP contribution in [-0.2, 0) is 14.9 Å². The minimum Gasteiger partial charge on any atom is -0.455 e. The number of fused-ring (bicyclic) bond motifs is 1. The molecule has 5 rings (SSSR count). The van der Waals surface area contributed by atoms with Crippen LogP contribution in [-0.4, -0.2) is 40.2 Å². The number of anilines is 1. The molecule has 3 aromatic rings. The molecule has 7 nitrogen and oxygen atoms in total. The first-order chi connectivity index (χ1) is 18.6. The van der Waals surface area contributed by atoms with Crippen molar-refractivity contribution >= 4 is 32.5 Å². The summed E-state index contributed by atoms with van der Waals surface area (Å²) in [6.07, 6.45) is 0.243. The highest BCUT2D eigenvalue weighted by molar-refractivity contribution is 7.92. The summed E-state index contributed by atoms with van der Waals surface area (Å²) in [5.74, 6) is -0.893. The van der Waals surface area contributed by atoms with E-state index in [9.17, 15) is 26.0 Å². The molecule has 2 aliphatic rings. The molecule has 0 unspecified atom stereocenters. The fraction of sp³-hybridized carbons (Fsp3) is 0.370. The maximum absolute atomic E-state index is 13.7. The second-order valence-electron chi connectivity index (χ2n) is 9.63. The molecule has 1 N–H and O–H groups in total. The first-order valence-corrected chi connectivity index (χ1v) is 14.4. The Morgan fingerprint density at radius 3 is 2.49 bits per heavy atom. The minimum absolute atomic E-state index is 0.00820. The number of furan rings is 1. The van der Waals surface area contributed by atoms with E-state index in [0.29, 0.717) is 52.5 Å². The summed E-state index contributed by atoms with van der Waals surface area (Å²) in [5, 5.41) is 0.691. The molecule has 0 bridgehead atoms. The molecule has 0 atom stereocenters. The number of allylic oxidation sites excluding steroid dienone is 1. The first kappa shape index (κ1) is 27.2. The Kier molecular flexibility index (Phi) is 7.68. The van der Waals surface area contributed by atoms with E-state index in [0.717, 1.165) is 24.7 Å². The molecule has 1 aromatic heterocycles. The Labute approximate surface area is 223 Å². The highest BCUT2D eigenvalue weighted by Crippen LogP contribution is 2.48. The molecular weight excluding hydrogens is 538 g/mol. The van der Waals surface area contributed by atoms with Gasteiger partial charge in [0.1, 0.15) is 17.2 Å². The quantitative estimate of drug-likeness (QED) is 0.227. The number of benzene rings is 2. The zero-order valence-electron chi connectivity index (χ0n) is 21.1. The van der Waals surface area contributed by atoms with Crippen molar-refractivity contribution in [2.24, 2.45) is 4.99 Å². The van der Waals surface area contributed by atoms with E-state index in [1.165, 1.54) is 16.4 Å². The predicted octanol–water partition coefficient (Wildman–Crippen LogP) is 6.41. The van der Waals surface area contributed by atoms with Crippen LogP contribution in [0.5, 0.6) is 0 Å². The van der Waals surface area contributed by atoms with Crippen LogP contribution in [0.3, 0.4) is 0 Å². The van der Waals surface area contributed by atoms with Gasteiger partial charge in [-0.15, -0.1) is 0 Å². The number of nitrogens with zero attached hydrogens (tertiary/aromatic N) is 2. The zero-order chi connectivity index (χ0) is 27.7. The predicted molar refractivity (Wildman–Crippen MR) is 140 cm³/mol. The van der Waals surface area contributed by atoms with E-state index in [1.54, 1.807) is 18.2 Å². The molecule has 0 saturated heterocycles. The molecule has 2 aromatic carbocycles. The van der Waals surface area contributed by atoms with E-state index in [1.807, 2.05) is 6.07 Å². The van der Waals surface area contributed by atoms with E-state index >= 15 is 0 Å². The molecule has 2 heterocycles. The Morgan fingerprint density at radius 1 is 1.13 bits per heavy atom. The van der Waals surface area contributed by atoms with Crippen molar-refractivity contribution in [3.63, 3.8) is 0 Å². The molecular formula is C27H27F4N3O4S. The van der Waals surface area contributed by atoms with Gasteiger partial charge in [-0.3, -0.25) is 14.1 Å². The van der Waals surface area contributed by atoms with Gasteiger partial charge in [-0.2, -0.15) is 8.78 Å². The number of nitrogens with one attached hydrogen (secondary N) is 1. The van der Waals surface area contributed by atoms with Gasteiger partial charge < -0.3 is 4.42 Å². The van der Waals surface area contributed by atoms with E-state index in [2.05, 4.69) is 10.5 Å².